The van der Waals surface area contributed by atoms with Gasteiger partial charge in [-0.3, -0.25) is 14.5 Å². The summed E-state index contributed by atoms with van der Waals surface area (Å²) >= 11 is 0. The fraction of sp³-hybridized carbons (Fsp3) is 0.273. The number of benzene rings is 1. The van der Waals surface area contributed by atoms with Crippen LogP contribution in [0.5, 0.6) is 5.75 Å². The molecule has 16 heavy (non-hydrogen) atoms. The third-order valence-electron chi connectivity index (χ3n) is 2.07. The Bertz CT molecular complexity index is 403. The van der Waals surface area contributed by atoms with E-state index < -0.39 is 12.5 Å². The highest BCUT2D eigenvalue weighted by Gasteiger charge is 2.19. The van der Waals surface area contributed by atoms with E-state index in [0.29, 0.717) is 0 Å². The molecule has 0 bridgehead atoms. The number of aromatic hydroxyl groups is 1. The fourth-order valence-electron chi connectivity index (χ4n) is 1.33. The van der Waals surface area contributed by atoms with Crippen molar-refractivity contribution >= 4 is 17.6 Å². The molecule has 0 aliphatic heterocycles. The summed E-state index contributed by atoms with van der Waals surface area (Å²) in [7, 11) is 0. The van der Waals surface area contributed by atoms with E-state index in [1.54, 1.807) is 19.1 Å². The third kappa shape index (κ3) is 2.73. The van der Waals surface area contributed by atoms with E-state index in [1.807, 2.05) is 0 Å². The first kappa shape index (κ1) is 12.0. The molecule has 0 spiro atoms. The lowest BCUT2D eigenvalue weighted by molar-refractivity contribution is -0.136. The monoisotopic (exact) mass is 223 g/mol. The Hall–Kier alpha value is -2.04. The van der Waals surface area contributed by atoms with Gasteiger partial charge in [-0.05, 0) is 12.1 Å². The molecule has 0 unspecified atom stereocenters. The Morgan fingerprint density at radius 2 is 1.94 bits per heavy atom. The lowest BCUT2D eigenvalue weighted by atomic mass is 10.2. The van der Waals surface area contributed by atoms with Crippen molar-refractivity contribution in [2.45, 2.75) is 13.3 Å². The van der Waals surface area contributed by atoms with Crippen molar-refractivity contribution in [2.24, 2.45) is 0 Å². The molecule has 0 saturated carbocycles. The molecule has 1 amide bonds. The number of rotatable bonds is 4. The topological polar surface area (TPSA) is 77.8 Å². The Kier molecular flexibility index (Phi) is 3.88. The van der Waals surface area contributed by atoms with Crippen LogP contribution in [0.3, 0.4) is 0 Å². The first-order chi connectivity index (χ1) is 7.56. The molecule has 0 saturated heterocycles. The predicted molar refractivity (Wildman–Crippen MR) is 58.4 cm³/mol. The van der Waals surface area contributed by atoms with E-state index >= 15 is 0 Å². The zero-order chi connectivity index (χ0) is 12.1. The SMILES string of the molecule is CCC(=O)N(CC(=O)O)c1ccccc1O. The molecule has 5 heteroatoms. The van der Waals surface area contributed by atoms with E-state index in [4.69, 9.17) is 5.11 Å². The molecule has 0 heterocycles. The summed E-state index contributed by atoms with van der Waals surface area (Å²) in [5.74, 6) is -1.57. The van der Waals surface area contributed by atoms with Crippen LogP contribution in [0.1, 0.15) is 13.3 Å². The van der Waals surface area contributed by atoms with Gasteiger partial charge >= 0.3 is 5.97 Å². The number of carbonyl (C=O) groups is 2. The van der Waals surface area contributed by atoms with Crippen molar-refractivity contribution in [3.8, 4) is 5.75 Å². The summed E-state index contributed by atoms with van der Waals surface area (Å²) in [6.07, 6.45) is 0.182. The smallest absolute Gasteiger partial charge is 0.323 e. The van der Waals surface area contributed by atoms with Crippen LogP contribution in [0, 0.1) is 0 Å². The molecule has 1 aromatic rings. The minimum Gasteiger partial charge on any atom is -0.506 e. The number of hydrogen-bond donors (Lipinski definition) is 2. The van der Waals surface area contributed by atoms with Crippen molar-refractivity contribution in [2.75, 3.05) is 11.4 Å². The van der Waals surface area contributed by atoms with Gasteiger partial charge in [0.25, 0.3) is 0 Å². The lowest BCUT2D eigenvalue weighted by Gasteiger charge is -2.20. The number of carboxylic acid groups (broad SMARTS) is 1. The van der Waals surface area contributed by atoms with Crippen LogP contribution in [-0.2, 0) is 9.59 Å². The summed E-state index contributed by atoms with van der Waals surface area (Å²) in [4.78, 5) is 23.2. The number of carboxylic acids is 1. The first-order valence-corrected chi connectivity index (χ1v) is 4.86. The average Bonchev–Trinajstić information content (AvgIpc) is 2.26. The van der Waals surface area contributed by atoms with Crippen LogP contribution in [0.2, 0.25) is 0 Å². The van der Waals surface area contributed by atoms with Crippen LogP contribution >= 0.6 is 0 Å². The number of hydrogen-bond acceptors (Lipinski definition) is 3. The summed E-state index contributed by atoms with van der Waals surface area (Å²) in [6, 6.07) is 6.15. The van der Waals surface area contributed by atoms with E-state index in [1.165, 1.54) is 12.1 Å². The molecule has 2 N–H and O–H groups in total. The first-order valence-electron chi connectivity index (χ1n) is 4.86. The largest absolute Gasteiger partial charge is 0.506 e. The lowest BCUT2D eigenvalue weighted by Crippen LogP contribution is -2.35. The van der Waals surface area contributed by atoms with Gasteiger partial charge in [-0.1, -0.05) is 19.1 Å². The number of phenolic OH excluding ortho intramolecular Hbond substituents is 1. The second kappa shape index (κ2) is 5.16. The molecule has 0 aliphatic rings. The molecule has 1 rings (SSSR count). The van der Waals surface area contributed by atoms with Gasteiger partial charge in [0.1, 0.15) is 12.3 Å². The van der Waals surface area contributed by atoms with Gasteiger partial charge in [0.2, 0.25) is 5.91 Å². The Labute approximate surface area is 92.9 Å². The Balaban J connectivity index is 3.06. The highest BCUT2D eigenvalue weighted by molar-refractivity contribution is 5.98. The van der Waals surface area contributed by atoms with Gasteiger partial charge in [-0.15, -0.1) is 0 Å². The quantitative estimate of drug-likeness (QED) is 0.804. The summed E-state index contributed by atoms with van der Waals surface area (Å²) < 4.78 is 0. The minimum absolute atomic E-state index is 0.106. The van der Waals surface area contributed by atoms with Crippen LogP contribution in [-0.4, -0.2) is 28.6 Å². The van der Waals surface area contributed by atoms with Gasteiger partial charge in [-0.2, -0.15) is 0 Å². The Morgan fingerprint density at radius 1 is 1.31 bits per heavy atom. The third-order valence-corrected chi connectivity index (χ3v) is 2.07. The Morgan fingerprint density at radius 3 is 2.44 bits per heavy atom. The molecular formula is C11H13NO4. The number of carbonyl (C=O) groups excluding carboxylic acids is 1. The van der Waals surface area contributed by atoms with E-state index in [9.17, 15) is 14.7 Å². The molecule has 5 nitrogen and oxygen atoms in total. The second-order valence-corrected chi connectivity index (χ2v) is 3.22. The summed E-state index contributed by atoms with van der Waals surface area (Å²) in [5.41, 5.74) is 0.219. The maximum atomic E-state index is 11.6. The summed E-state index contributed by atoms with van der Waals surface area (Å²) in [6.45, 7) is 1.18. The van der Waals surface area contributed by atoms with E-state index in [-0.39, 0.29) is 23.8 Å². The van der Waals surface area contributed by atoms with Crippen molar-refractivity contribution in [3.63, 3.8) is 0 Å². The molecule has 0 atom stereocenters. The van der Waals surface area contributed by atoms with Crippen LogP contribution < -0.4 is 4.90 Å². The maximum Gasteiger partial charge on any atom is 0.323 e. The molecule has 86 valence electrons. The minimum atomic E-state index is -1.12. The summed E-state index contributed by atoms with van der Waals surface area (Å²) in [5, 5.41) is 18.3. The van der Waals surface area contributed by atoms with Gasteiger partial charge in [0.05, 0.1) is 5.69 Å². The van der Waals surface area contributed by atoms with Gasteiger partial charge in [-0.25, -0.2) is 0 Å². The van der Waals surface area contributed by atoms with Crippen LogP contribution in [0.25, 0.3) is 0 Å². The number of anilines is 1. The number of amides is 1. The van der Waals surface area contributed by atoms with E-state index in [2.05, 4.69) is 0 Å². The molecular weight excluding hydrogens is 210 g/mol. The zero-order valence-corrected chi connectivity index (χ0v) is 8.88. The standard InChI is InChI=1S/C11H13NO4/c1-2-10(14)12(7-11(15)16)8-5-3-4-6-9(8)13/h3-6,13H,2,7H2,1H3,(H,15,16). The second-order valence-electron chi connectivity index (χ2n) is 3.22. The van der Waals surface area contributed by atoms with Crippen molar-refractivity contribution in [1.82, 2.24) is 0 Å². The normalized spacial score (nSPS) is 9.81. The number of phenols is 1. The van der Waals surface area contributed by atoms with Gasteiger partial charge in [0.15, 0.2) is 0 Å². The molecule has 0 fully saturated rings. The van der Waals surface area contributed by atoms with Crippen molar-refractivity contribution in [3.05, 3.63) is 24.3 Å². The fourth-order valence-corrected chi connectivity index (χ4v) is 1.33. The highest BCUT2D eigenvalue weighted by atomic mass is 16.4. The average molecular weight is 223 g/mol. The number of para-hydroxylation sites is 2. The maximum absolute atomic E-state index is 11.6. The number of nitrogens with zero attached hydrogens (tertiary/aromatic N) is 1. The van der Waals surface area contributed by atoms with E-state index in [0.717, 1.165) is 4.90 Å². The predicted octanol–water partition coefficient (Wildman–Crippen LogP) is 1.22. The number of aliphatic carboxylic acids is 1. The zero-order valence-electron chi connectivity index (χ0n) is 8.88. The molecule has 0 aromatic heterocycles. The molecule has 0 radical (unpaired) electrons. The van der Waals surface area contributed by atoms with Gasteiger partial charge < -0.3 is 10.2 Å². The van der Waals surface area contributed by atoms with Crippen LogP contribution in [0.4, 0.5) is 5.69 Å². The molecule has 0 aliphatic carbocycles. The van der Waals surface area contributed by atoms with Gasteiger partial charge in [0, 0.05) is 6.42 Å². The van der Waals surface area contributed by atoms with Crippen molar-refractivity contribution in [1.29, 1.82) is 0 Å². The molecule has 1 aromatic carbocycles. The highest BCUT2D eigenvalue weighted by Crippen LogP contribution is 2.26. The van der Waals surface area contributed by atoms with Crippen molar-refractivity contribution < 1.29 is 19.8 Å². The van der Waals surface area contributed by atoms with Crippen LogP contribution in [0.15, 0.2) is 24.3 Å².